The quantitative estimate of drug-likeness (QED) is 0.654. The molecule has 1 aromatic rings. The van der Waals surface area contributed by atoms with Crippen molar-refractivity contribution in [2.45, 2.75) is 45.3 Å². The van der Waals surface area contributed by atoms with Crippen molar-refractivity contribution in [1.82, 2.24) is 0 Å². The number of rotatable bonds is 5. The molecule has 104 valence electrons. The van der Waals surface area contributed by atoms with Crippen LogP contribution in [-0.2, 0) is 9.53 Å². The first kappa shape index (κ1) is 15.4. The van der Waals surface area contributed by atoms with Crippen LogP contribution in [-0.4, -0.2) is 23.4 Å². The molecule has 0 amide bonds. The van der Waals surface area contributed by atoms with Gasteiger partial charge in [-0.3, -0.25) is 9.59 Å². The number of esters is 1. The van der Waals surface area contributed by atoms with Crippen LogP contribution in [0.4, 0.5) is 0 Å². The Labute approximate surface area is 113 Å². The third-order valence-electron chi connectivity index (χ3n) is 2.49. The molecule has 0 fully saturated rings. The van der Waals surface area contributed by atoms with Crippen LogP contribution < -0.4 is 5.73 Å². The lowest BCUT2D eigenvalue weighted by Gasteiger charge is -2.22. The van der Waals surface area contributed by atoms with Crippen LogP contribution in [0.25, 0.3) is 0 Å². The van der Waals surface area contributed by atoms with Crippen molar-refractivity contribution in [3.05, 3.63) is 35.9 Å². The van der Waals surface area contributed by atoms with Gasteiger partial charge in [0.2, 0.25) is 0 Å². The summed E-state index contributed by atoms with van der Waals surface area (Å²) in [5.41, 5.74) is 5.80. The van der Waals surface area contributed by atoms with Crippen molar-refractivity contribution < 1.29 is 14.3 Å². The molecule has 0 heterocycles. The Bertz CT molecular complexity index is 434. The predicted molar refractivity (Wildman–Crippen MR) is 73.8 cm³/mol. The van der Waals surface area contributed by atoms with Crippen LogP contribution in [0.1, 0.15) is 44.0 Å². The highest BCUT2D eigenvalue weighted by atomic mass is 16.6. The lowest BCUT2D eigenvalue weighted by atomic mass is 10.0. The number of ketones is 1. The maximum absolute atomic E-state index is 11.8. The molecule has 1 atom stereocenters. The highest BCUT2D eigenvalue weighted by Crippen LogP contribution is 2.11. The van der Waals surface area contributed by atoms with Crippen molar-refractivity contribution in [1.29, 1.82) is 0 Å². The van der Waals surface area contributed by atoms with Gasteiger partial charge in [0, 0.05) is 12.0 Å². The smallest absolute Gasteiger partial charge is 0.323 e. The predicted octanol–water partition coefficient (Wildman–Crippen LogP) is 2.32. The van der Waals surface area contributed by atoms with Crippen LogP contribution in [0.5, 0.6) is 0 Å². The molecule has 4 heteroatoms. The molecular weight excluding hydrogens is 242 g/mol. The molecule has 0 bridgehead atoms. The summed E-state index contributed by atoms with van der Waals surface area (Å²) in [4.78, 5) is 23.5. The number of hydrogen-bond acceptors (Lipinski definition) is 4. The Kier molecular flexibility index (Phi) is 5.24. The minimum absolute atomic E-state index is 0.0143. The molecule has 0 aliphatic rings. The van der Waals surface area contributed by atoms with E-state index in [0.717, 1.165) is 0 Å². The normalized spacial score (nSPS) is 12.8. The van der Waals surface area contributed by atoms with Gasteiger partial charge in [0.25, 0.3) is 0 Å². The zero-order valence-corrected chi connectivity index (χ0v) is 11.7. The molecule has 0 aliphatic carbocycles. The number of carbonyl (C=O) groups excluding carboxylic acids is 2. The Balaban J connectivity index is 2.44. The van der Waals surface area contributed by atoms with E-state index in [1.54, 1.807) is 45.0 Å². The van der Waals surface area contributed by atoms with Crippen LogP contribution in [0.3, 0.4) is 0 Å². The SMILES string of the molecule is CC(C)(C)OC(=O)C(N)CCC(=O)c1ccccc1. The van der Waals surface area contributed by atoms with E-state index < -0.39 is 17.6 Å². The van der Waals surface area contributed by atoms with Gasteiger partial charge in [-0.15, -0.1) is 0 Å². The summed E-state index contributed by atoms with van der Waals surface area (Å²) in [5.74, 6) is -0.479. The summed E-state index contributed by atoms with van der Waals surface area (Å²) in [6.45, 7) is 5.35. The number of nitrogens with two attached hydrogens (primary N) is 1. The maximum Gasteiger partial charge on any atom is 0.323 e. The first-order valence-electron chi connectivity index (χ1n) is 6.36. The van der Waals surface area contributed by atoms with Gasteiger partial charge in [-0.1, -0.05) is 30.3 Å². The van der Waals surface area contributed by atoms with E-state index in [1.165, 1.54) is 0 Å². The third-order valence-corrected chi connectivity index (χ3v) is 2.49. The molecular formula is C15H21NO3. The van der Waals surface area contributed by atoms with Gasteiger partial charge in [-0.25, -0.2) is 0 Å². The molecule has 0 aromatic heterocycles. The Morgan fingerprint density at radius 1 is 1.21 bits per heavy atom. The fourth-order valence-corrected chi connectivity index (χ4v) is 1.55. The summed E-state index contributed by atoms with van der Waals surface area (Å²) < 4.78 is 5.16. The second-order valence-corrected chi connectivity index (χ2v) is 5.47. The van der Waals surface area contributed by atoms with Crippen LogP contribution in [0, 0.1) is 0 Å². The molecule has 1 unspecified atom stereocenters. The summed E-state index contributed by atoms with van der Waals surface area (Å²) >= 11 is 0. The minimum atomic E-state index is -0.758. The van der Waals surface area contributed by atoms with Crippen LogP contribution in [0.2, 0.25) is 0 Å². The van der Waals surface area contributed by atoms with Gasteiger partial charge in [-0.05, 0) is 27.2 Å². The maximum atomic E-state index is 11.8. The summed E-state index contributed by atoms with van der Waals surface area (Å²) in [5, 5.41) is 0. The van der Waals surface area contributed by atoms with E-state index in [-0.39, 0.29) is 12.2 Å². The van der Waals surface area contributed by atoms with Crippen molar-refractivity contribution >= 4 is 11.8 Å². The molecule has 1 rings (SSSR count). The van der Waals surface area contributed by atoms with Crippen molar-refractivity contribution in [3.8, 4) is 0 Å². The standard InChI is InChI=1S/C15H21NO3/c1-15(2,3)19-14(18)12(16)9-10-13(17)11-7-5-4-6-8-11/h4-8,12H,9-10,16H2,1-3H3. The highest BCUT2D eigenvalue weighted by molar-refractivity contribution is 5.96. The van der Waals surface area contributed by atoms with E-state index in [4.69, 9.17) is 10.5 Å². The van der Waals surface area contributed by atoms with Gasteiger partial charge < -0.3 is 10.5 Å². The first-order valence-corrected chi connectivity index (χ1v) is 6.36. The van der Waals surface area contributed by atoms with Gasteiger partial charge in [0.1, 0.15) is 11.6 Å². The Hall–Kier alpha value is -1.68. The number of ether oxygens (including phenoxy) is 1. The van der Waals surface area contributed by atoms with Gasteiger partial charge in [-0.2, -0.15) is 0 Å². The topological polar surface area (TPSA) is 69.4 Å². The number of hydrogen-bond donors (Lipinski definition) is 1. The second kappa shape index (κ2) is 6.48. The average Bonchev–Trinajstić information content (AvgIpc) is 2.34. The number of benzene rings is 1. The van der Waals surface area contributed by atoms with Gasteiger partial charge in [0.15, 0.2) is 5.78 Å². The Morgan fingerprint density at radius 2 is 1.79 bits per heavy atom. The molecule has 0 aliphatic heterocycles. The third kappa shape index (κ3) is 5.66. The summed E-state index contributed by atoms with van der Waals surface area (Å²) in [6, 6.07) is 8.21. The zero-order chi connectivity index (χ0) is 14.5. The average molecular weight is 263 g/mol. The molecule has 2 N–H and O–H groups in total. The summed E-state index contributed by atoms with van der Waals surface area (Å²) in [6.07, 6.45) is 0.535. The minimum Gasteiger partial charge on any atom is -0.459 e. The lowest BCUT2D eigenvalue weighted by molar-refractivity contribution is -0.156. The van der Waals surface area contributed by atoms with Gasteiger partial charge in [0.05, 0.1) is 0 Å². The molecule has 19 heavy (non-hydrogen) atoms. The van der Waals surface area contributed by atoms with E-state index in [2.05, 4.69) is 0 Å². The van der Waals surface area contributed by atoms with Crippen LogP contribution >= 0.6 is 0 Å². The molecule has 0 saturated carbocycles. The zero-order valence-electron chi connectivity index (χ0n) is 11.7. The van der Waals surface area contributed by atoms with E-state index in [9.17, 15) is 9.59 Å². The molecule has 1 aromatic carbocycles. The largest absolute Gasteiger partial charge is 0.459 e. The number of carbonyl (C=O) groups is 2. The van der Waals surface area contributed by atoms with Crippen molar-refractivity contribution in [3.63, 3.8) is 0 Å². The summed E-state index contributed by atoms with van der Waals surface area (Å²) in [7, 11) is 0. The van der Waals surface area contributed by atoms with E-state index in [1.807, 2.05) is 6.07 Å². The molecule has 0 saturated heterocycles. The van der Waals surface area contributed by atoms with Crippen molar-refractivity contribution in [2.75, 3.05) is 0 Å². The van der Waals surface area contributed by atoms with Gasteiger partial charge >= 0.3 is 5.97 Å². The monoisotopic (exact) mass is 263 g/mol. The fraction of sp³-hybridized carbons (Fsp3) is 0.467. The molecule has 0 radical (unpaired) electrons. The molecule has 4 nitrogen and oxygen atoms in total. The van der Waals surface area contributed by atoms with Crippen LogP contribution in [0.15, 0.2) is 30.3 Å². The lowest BCUT2D eigenvalue weighted by Crippen LogP contribution is -2.37. The fourth-order valence-electron chi connectivity index (χ4n) is 1.55. The first-order chi connectivity index (χ1) is 8.79. The van der Waals surface area contributed by atoms with Crippen molar-refractivity contribution in [2.24, 2.45) is 5.73 Å². The molecule has 0 spiro atoms. The van der Waals surface area contributed by atoms with E-state index >= 15 is 0 Å². The van der Waals surface area contributed by atoms with E-state index in [0.29, 0.717) is 12.0 Å². The second-order valence-electron chi connectivity index (χ2n) is 5.47. The Morgan fingerprint density at radius 3 is 2.32 bits per heavy atom. The highest BCUT2D eigenvalue weighted by Gasteiger charge is 2.22. The number of Topliss-reactive ketones (excluding diaryl/α,β-unsaturated/α-hetero) is 1.